The number of nitrogens with zero attached hydrogens (tertiary/aromatic N) is 1. The predicted octanol–water partition coefficient (Wildman–Crippen LogP) is 2.93. The number of anilines is 1. The van der Waals surface area contributed by atoms with E-state index < -0.39 is 0 Å². The summed E-state index contributed by atoms with van der Waals surface area (Å²) in [4.78, 5) is 2.30. The van der Waals surface area contributed by atoms with Crippen LogP contribution in [0.1, 0.15) is 16.7 Å². The molecule has 1 aliphatic rings. The Bertz CT molecular complexity index is 597. The van der Waals surface area contributed by atoms with Gasteiger partial charge in [0.1, 0.15) is 5.82 Å². The number of halogens is 1. The maximum atomic E-state index is 14.1. The smallest absolute Gasteiger partial charge is 0.128 e. The molecule has 3 heteroatoms. The number of fused-ring (bicyclic) bond motifs is 1. The van der Waals surface area contributed by atoms with Crippen LogP contribution < -0.4 is 10.6 Å². The van der Waals surface area contributed by atoms with Crippen LogP contribution >= 0.6 is 0 Å². The number of hydrogen-bond donors (Lipinski definition) is 1. The minimum absolute atomic E-state index is 0.139. The summed E-state index contributed by atoms with van der Waals surface area (Å²) in [5.74, 6) is -0.139. The summed E-state index contributed by atoms with van der Waals surface area (Å²) in [6.07, 6.45) is 2.61. The zero-order valence-corrected chi connectivity index (χ0v) is 12.2. The molecule has 2 nitrogen and oxygen atoms in total. The van der Waals surface area contributed by atoms with E-state index in [2.05, 4.69) is 29.2 Å². The Labute approximate surface area is 125 Å². The lowest BCUT2D eigenvalue weighted by atomic mass is 10.0. The standard InChI is InChI=1S/C18H21FN2/c19-17-6-3-7-18(16(17)8-11-20)21-12-9-14-4-1-2-5-15(14)10-13-21/h1-7H,8-13,20H2. The van der Waals surface area contributed by atoms with Crippen LogP contribution in [0, 0.1) is 5.82 Å². The van der Waals surface area contributed by atoms with Gasteiger partial charge in [-0.05, 0) is 49.1 Å². The van der Waals surface area contributed by atoms with Gasteiger partial charge in [-0.15, -0.1) is 0 Å². The van der Waals surface area contributed by atoms with Crippen LogP contribution in [0.15, 0.2) is 42.5 Å². The molecule has 2 aromatic rings. The molecule has 0 saturated carbocycles. The first-order chi connectivity index (χ1) is 10.3. The number of rotatable bonds is 3. The van der Waals surface area contributed by atoms with Gasteiger partial charge in [-0.1, -0.05) is 30.3 Å². The van der Waals surface area contributed by atoms with Crippen LogP contribution in [-0.2, 0) is 19.3 Å². The van der Waals surface area contributed by atoms with Crippen molar-refractivity contribution >= 4 is 5.69 Å². The monoisotopic (exact) mass is 284 g/mol. The molecule has 110 valence electrons. The Morgan fingerprint density at radius 3 is 2.24 bits per heavy atom. The molecule has 0 radical (unpaired) electrons. The highest BCUT2D eigenvalue weighted by Gasteiger charge is 2.17. The summed E-state index contributed by atoms with van der Waals surface area (Å²) in [5.41, 5.74) is 10.2. The highest BCUT2D eigenvalue weighted by Crippen LogP contribution is 2.26. The molecule has 0 amide bonds. The summed E-state index contributed by atoms with van der Waals surface area (Å²) < 4.78 is 14.1. The molecular weight excluding hydrogens is 263 g/mol. The maximum Gasteiger partial charge on any atom is 0.128 e. The van der Waals surface area contributed by atoms with Crippen molar-refractivity contribution < 1.29 is 4.39 Å². The minimum Gasteiger partial charge on any atom is -0.371 e. The van der Waals surface area contributed by atoms with E-state index in [0.29, 0.717) is 13.0 Å². The molecule has 0 saturated heterocycles. The molecule has 1 heterocycles. The lowest BCUT2D eigenvalue weighted by molar-refractivity contribution is 0.607. The van der Waals surface area contributed by atoms with E-state index in [-0.39, 0.29) is 5.82 Å². The molecule has 3 rings (SSSR count). The third-order valence-electron chi connectivity index (χ3n) is 4.25. The van der Waals surface area contributed by atoms with E-state index in [9.17, 15) is 4.39 Å². The topological polar surface area (TPSA) is 29.3 Å². The first-order valence-corrected chi connectivity index (χ1v) is 7.59. The van der Waals surface area contributed by atoms with Gasteiger partial charge in [0.15, 0.2) is 0 Å². The SMILES string of the molecule is NCCc1c(F)cccc1N1CCc2ccccc2CC1. The van der Waals surface area contributed by atoms with Gasteiger partial charge < -0.3 is 10.6 Å². The number of benzene rings is 2. The minimum atomic E-state index is -0.139. The Morgan fingerprint density at radius 1 is 0.952 bits per heavy atom. The second-order valence-electron chi connectivity index (χ2n) is 5.53. The van der Waals surface area contributed by atoms with Crippen molar-refractivity contribution in [3.63, 3.8) is 0 Å². The lowest BCUT2D eigenvalue weighted by Gasteiger charge is -2.25. The Balaban J connectivity index is 1.88. The van der Waals surface area contributed by atoms with Crippen molar-refractivity contribution in [1.29, 1.82) is 0 Å². The zero-order valence-electron chi connectivity index (χ0n) is 12.2. The summed E-state index contributed by atoms with van der Waals surface area (Å²) in [6.45, 7) is 2.33. The van der Waals surface area contributed by atoms with Crippen LogP contribution in [0.2, 0.25) is 0 Å². The van der Waals surface area contributed by atoms with E-state index in [1.165, 1.54) is 17.2 Å². The molecule has 0 fully saturated rings. The van der Waals surface area contributed by atoms with Crippen LogP contribution in [0.5, 0.6) is 0 Å². The van der Waals surface area contributed by atoms with Gasteiger partial charge in [-0.25, -0.2) is 4.39 Å². The van der Waals surface area contributed by atoms with Crippen molar-refractivity contribution in [1.82, 2.24) is 0 Å². The normalized spacial score (nSPS) is 14.7. The van der Waals surface area contributed by atoms with Gasteiger partial charge in [0.25, 0.3) is 0 Å². The van der Waals surface area contributed by atoms with Gasteiger partial charge in [0, 0.05) is 24.3 Å². The summed E-state index contributed by atoms with van der Waals surface area (Å²) in [6, 6.07) is 13.9. The second kappa shape index (κ2) is 6.27. The Hall–Kier alpha value is -1.87. The average Bonchev–Trinajstić information content (AvgIpc) is 2.72. The molecule has 21 heavy (non-hydrogen) atoms. The molecule has 0 spiro atoms. The molecule has 2 aromatic carbocycles. The fraction of sp³-hybridized carbons (Fsp3) is 0.333. The van der Waals surface area contributed by atoms with E-state index in [4.69, 9.17) is 5.73 Å². The van der Waals surface area contributed by atoms with Gasteiger partial charge in [0.05, 0.1) is 0 Å². The molecule has 0 unspecified atom stereocenters. The molecule has 2 N–H and O–H groups in total. The molecular formula is C18H21FN2. The van der Waals surface area contributed by atoms with Crippen molar-refractivity contribution in [3.8, 4) is 0 Å². The lowest BCUT2D eigenvalue weighted by Crippen LogP contribution is -2.27. The van der Waals surface area contributed by atoms with Crippen molar-refractivity contribution in [2.75, 3.05) is 24.5 Å². The Morgan fingerprint density at radius 2 is 1.62 bits per heavy atom. The van der Waals surface area contributed by atoms with Gasteiger partial charge in [-0.2, -0.15) is 0 Å². The van der Waals surface area contributed by atoms with Crippen LogP contribution in [0.4, 0.5) is 10.1 Å². The highest BCUT2D eigenvalue weighted by molar-refractivity contribution is 5.55. The number of hydrogen-bond acceptors (Lipinski definition) is 2. The fourth-order valence-corrected chi connectivity index (χ4v) is 3.14. The van der Waals surface area contributed by atoms with Crippen LogP contribution in [-0.4, -0.2) is 19.6 Å². The zero-order chi connectivity index (χ0) is 14.7. The third kappa shape index (κ3) is 2.93. The summed E-state index contributed by atoms with van der Waals surface area (Å²) in [7, 11) is 0. The summed E-state index contributed by atoms with van der Waals surface area (Å²) >= 11 is 0. The molecule has 1 aliphatic heterocycles. The molecule has 0 bridgehead atoms. The van der Waals surface area contributed by atoms with E-state index in [0.717, 1.165) is 37.2 Å². The first kappa shape index (κ1) is 14.1. The average molecular weight is 284 g/mol. The predicted molar refractivity (Wildman–Crippen MR) is 85.2 cm³/mol. The van der Waals surface area contributed by atoms with Gasteiger partial charge >= 0.3 is 0 Å². The van der Waals surface area contributed by atoms with Crippen LogP contribution in [0.25, 0.3) is 0 Å². The largest absolute Gasteiger partial charge is 0.371 e. The van der Waals surface area contributed by atoms with Gasteiger partial charge in [0.2, 0.25) is 0 Å². The van der Waals surface area contributed by atoms with E-state index >= 15 is 0 Å². The van der Waals surface area contributed by atoms with Crippen molar-refractivity contribution in [2.45, 2.75) is 19.3 Å². The first-order valence-electron chi connectivity index (χ1n) is 7.59. The van der Waals surface area contributed by atoms with Gasteiger partial charge in [-0.3, -0.25) is 0 Å². The van der Waals surface area contributed by atoms with Crippen molar-refractivity contribution in [3.05, 3.63) is 65.0 Å². The Kier molecular flexibility index (Phi) is 4.20. The second-order valence-corrected chi connectivity index (χ2v) is 5.53. The van der Waals surface area contributed by atoms with E-state index in [1.54, 1.807) is 6.07 Å². The summed E-state index contributed by atoms with van der Waals surface area (Å²) in [5, 5.41) is 0. The fourth-order valence-electron chi connectivity index (χ4n) is 3.14. The van der Waals surface area contributed by atoms with E-state index in [1.807, 2.05) is 6.07 Å². The molecule has 0 atom stereocenters. The molecule has 0 aliphatic carbocycles. The highest BCUT2D eigenvalue weighted by atomic mass is 19.1. The maximum absolute atomic E-state index is 14.1. The quantitative estimate of drug-likeness (QED) is 0.939. The third-order valence-corrected chi connectivity index (χ3v) is 4.25. The van der Waals surface area contributed by atoms with Crippen LogP contribution in [0.3, 0.4) is 0 Å². The molecule has 0 aromatic heterocycles. The number of nitrogens with two attached hydrogens (primary N) is 1. The van der Waals surface area contributed by atoms with Crippen molar-refractivity contribution in [2.24, 2.45) is 5.73 Å².